The molecule has 33 heavy (non-hydrogen) atoms. The summed E-state index contributed by atoms with van der Waals surface area (Å²) >= 11 is 0. The van der Waals surface area contributed by atoms with Crippen molar-refractivity contribution in [2.45, 2.75) is 116 Å². The third kappa shape index (κ3) is 4.18. The van der Waals surface area contributed by atoms with Crippen LogP contribution in [0.2, 0.25) is 0 Å². The molecule has 0 saturated heterocycles. The van der Waals surface area contributed by atoms with Crippen molar-refractivity contribution in [2.75, 3.05) is 6.61 Å². The summed E-state index contributed by atoms with van der Waals surface area (Å²) in [4.78, 5) is 0. The first kappa shape index (κ1) is 25.8. The van der Waals surface area contributed by atoms with Gasteiger partial charge in [-0.25, -0.2) is 0 Å². The third-order valence-corrected chi connectivity index (χ3v) is 11.2. The quantitative estimate of drug-likeness (QED) is 0.487. The summed E-state index contributed by atoms with van der Waals surface area (Å²) in [5.74, 6) is 2.19. The average Bonchev–Trinajstić information content (AvgIpc) is 3.08. The zero-order chi connectivity index (χ0) is 24.4. The van der Waals surface area contributed by atoms with Crippen LogP contribution in [0.15, 0.2) is 0 Å². The normalized spacial score (nSPS) is 47.5. The van der Waals surface area contributed by atoms with E-state index < -0.39 is 17.9 Å². The van der Waals surface area contributed by atoms with E-state index in [1.54, 1.807) is 0 Å². The number of hydrogen-bond acceptors (Lipinski definition) is 3. The molecule has 2 N–H and O–H groups in total. The number of aliphatic hydroxyl groups is 2. The summed E-state index contributed by atoms with van der Waals surface area (Å²) in [5.41, 5.74) is -2.42. The van der Waals surface area contributed by atoms with Gasteiger partial charge in [-0.15, -0.1) is 0 Å². The summed E-state index contributed by atoms with van der Waals surface area (Å²) in [6.07, 6.45) is 1.54. The van der Waals surface area contributed by atoms with Crippen molar-refractivity contribution >= 4 is 0 Å². The van der Waals surface area contributed by atoms with Crippen molar-refractivity contribution < 1.29 is 28.1 Å². The highest BCUT2D eigenvalue weighted by Gasteiger charge is 2.65. The Morgan fingerprint density at radius 3 is 2.21 bits per heavy atom. The van der Waals surface area contributed by atoms with Gasteiger partial charge in [-0.1, -0.05) is 20.8 Å². The molecule has 0 aromatic rings. The summed E-state index contributed by atoms with van der Waals surface area (Å²) < 4.78 is 46.4. The Morgan fingerprint density at radius 2 is 1.58 bits per heavy atom. The van der Waals surface area contributed by atoms with Crippen LogP contribution >= 0.6 is 0 Å². The summed E-state index contributed by atoms with van der Waals surface area (Å²) in [6.45, 7) is 11.2. The van der Waals surface area contributed by atoms with Crippen molar-refractivity contribution in [1.82, 2.24) is 0 Å². The van der Waals surface area contributed by atoms with E-state index in [1.807, 2.05) is 13.8 Å². The van der Waals surface area contributed by atoms with Gasteiger partial charge in [0, 0.05) is 0 Å². The zero-order valence-electron chi connectivity index (χ0n) is 21.1. The van der Waals surface area contributed by atoms with Crippen molar-refractivity contribution in [2.24, 2.45) is 46.3 Å². The average molecular weight is 475 g/mol. The molecule has 4 aliphatic carbocycles. The first-order valence-corrected chi connectivity index (χ1v) is 13.3. The van der Waals surface area contributed by atoms with Gasteiger partial charge < -0.3 is 14.9 Å². The molecule has 0 aromatic heterocycles. The number of alkyl halides is 3. The molecule has 0 amide bonds. The maximum Gasteiger partial charge on any atom is 0.417 e. The van der Waals surface area contributed by atoms with Crippen molar-refractivity contribution in [3.63, 3.8) is 0 Å². The lowest BCUT2D eigenvalue weighted by molar-refractivity contribution is -0.290. The summed E-state index contributed by atoms with van der Waals surface area (Å²) in [6, 6.07) is 0. The maximum atomic E-state index is 13.6. The highest BCUT2D eigenvalue weighted by atomic mass is 19.4. The van der Waals surface area contributed by atoms with Crippen LogP contribution in [-0.2, 0) is 4.74 Å². The number of ether oxygens (including phenoxy) is 1. The Labute approximate surface area is 197 Å². The van der Waals surface area contributed by atoms with Gasteiger partial charge in [-0.2, -0.15) is 13.2 Å². The smallest absolute Gasteiger partial charge is 0.390 e. The summed E-state index contributed by atoms with van der Waals surface area (Å²) in [5, 5.41) is 21.2. The molecular formula is C27H45F3O3. The maximum absolute atomic E-state index is 13.6. The van der Waals surface area contributed by atoms with E-state index >= 15 is 0 Å². The number of rotatable bonds is 5. The van der Waals surface area contributed by atoms with Crippen LogP contribution in [0.5, 0.6) is 0 Å². The summed E-state index contributed by atoms with van der Waals surface area (Å²) in [7, 11) is 0. The van der Waals surface area contributed by atoms with Gasteiger partial charge in [0.05, 0.1) is 18.8 Å². The van der Waals surface area contributed by atoms with Crippen LogP contribution in [0.4, 0.5) is 13.2 Å². The van der Waals surface area contributed by atoms with Crippen LogP contribution in [0.3, 0.4) is 0 Å². The number of fused-ring (bicyclic) bond motifs is 5. The van der Waals surface area contributed by atoms with Crippen LogP contribution in [0.1, 0.15) is 92.4 Å². The predicted molar refractivity (Wildman–Crippen MR) is 122 cm³/mol. The minimum Gasteiger partial charge on any atom is -0.390 e. The third-order valence-electron chi connectivity index (χ3n) is 11.2. The molecule has 0 bridgehead atoms. The standard InChI is InChI=1S/C27H45F3O3/c1-16(2)33-15-23(31)17(3)20-8-9-21-19-7-6-18-14-26(32,27(28,29)30)13-12-24(18,4)22(19)10-11-25(20,21)5/h16-23,31-32H,6-15H2,1-5H3/t17-,18+,19-,20+,21-,22-,23+,24-,25+,26+/m0/s1. The Balaban J connectivity index is 1.49. The number of hydrogen-bond donors (Lipinski definition) is 2. The predicted octanol–water partition coefficient (Wildman–Crippen LogP) is 6.36. The van der Waals surface area contributed by atoms with E-state index in [0.717, 1.165) is 38.5 Å². The van der Waals surface area contributed by atoms with E-state index in [-0.39, 0.29) is 41.6 Å². The zero-order valence-corrected chi connectivity index (χ0v) is 21.1. The SMILES string of the molecule is CC(C)OC[C@@H](O)[C@@H](C)[C@H]1CC[C@H]2[C@@H]3CC[C@@H]4C[C@@](O)(C(F)(F)F)CC[C@]4(C)[C@H]3CC[C@]12C. The minimum atomic E-state index is -4.54. The Bertz CT molecular complexity index is 711. The van der Waals surface area contributed by atoms with E-state index in [9.17, 15) is 23.4 Å². The van der Waals surface area contributed by atoms with Gasteiger partial charge in [-0.3, -0.25) is 0 Å². The molecule has 0 aromatic carbocycles. The second-order valence-corrected chi connectivity index (χ2v) is 12.9. The van der Waals surface area contributed by atoms with Crippen LogP contribution in [0, 0.1) is 46.3 Å². The van der Waals surface area contributed by atoms with Crippen LogP contribution in [0.25, 0.3) is 0 Å². The molecule has 6 heteroatoms. The van der Waals surface area contributed by atoms with Crippen molar-refractivity contribution in [3.8, 4) is 0 Å². The van der Waals surface area contributed by atoms with Crippen LogP contribution in [-0.4, -0.2) is 40.8 Å². The molecule has 4 fully saturated rings. The molecule has 3 nitrogen and oxygen atoms in total. The van der Waals surface area contributed by atoms with Gasteiger partial charge >= 0.3 is 6.18 Å². The lowest BCUT2D eigenvalue weighted by atomic mass is 9.43. The second kappa shape index (κ2) is 8.65. The number of halogens is 3. The molecule has 4 saturated carbocycles. The Hall–Kier alpha value is -0.330. The van der Waals surface area contributed by atoms with Crippen LogP contribution < -0.4 is 0 Å². The van der Waals surface area contributed by atoms with Gasteiger partial charge in [0.25, 0.3) is 0 Å². The van der Waals surface area contributed by atoms with Crippen molar-refractivity contribution in [3.05, 3.63) is 0 Å². The van der Waals surface area contributed by atoms with Crippen molar-refractivity contribution in [1.29, 1.82) is 0 Å². The lowest BCUT2D eigenvalue weighted by Crippen LogP contribution is -2.59. The van der Waals surface area contributed by atoms with Gasteiger partial charge in [0.15, 0.2) is 5.60 Å². The molecule has 0 unspecified atom stereocenters. The highest BCUT2D eigenvalue weighted by Crippen LogP contribution is 2.69. The Morgan fingerprint density at radius 1 is 0.909 bits per heavy atom. The first-order valence-electron chi connectivity index (χ1n) is 13.3. The minimum absolute atomic E-state index is 0.0467. The molecule has 4 rings (SSSR count). The second-order valence-electron chi connectivity index (χ2n) is 12.9. The largest absolute Gasteiger partial charge is 0.417 e. The fourth-order valence-corrected chi connectivity index (χ4v) is 9.12. The van der Waals surface area contributed by atoms with Gasteiger partial charge in [0.2, 0.25) is 0 Å². The molecule has 0 radical (unpaired) electrons. The topological polar surface area (TPSA) is 49.7 Å². The van der Waals surface area contributed by atoms with Gasteiger partial charge in [-0.05, 0) is 118 Å². The molecule has 192 valence electrons. The first-order chi connectivity index (χ1) is 15.2. The van der Waals surface area contributed by atoms with E-state index in [0.29, 0.717) is 36.7 Å². The molecule has 0 aliphatic heterocycles. The van der Waals surface area contributed by atoms with E-state index in [1.165, 1.54) is 0 Å². The lowest BCUT2D eigenvalue weighted by Gasteiger charge is -2.62. The number of aliphatic hydroxyl groups excluding tert-OH is 1. The molecule has 0 heterocycles. The molecule has 10 atom stereocenters. The molecular weight excluding hydrogens is 429 g/mol. The van der Waals surface area contributed by atoms with E-state index in [4.69, 9.17) is 4.74 Å². The highest BCUT2D eigenvalue weighted by molar-refractivity contribution is 5.12. The fourth-order valence-electron chi connectivity index (χ4n) is 9.12. The molecule has 4 aliphatic rings. The van der Waals surface area contributed by atoms with E-state index in [2.05, 4.69) is 20.8 Å². The fraction of sp³-hybridized carbons (Fsp3) is 1.00. The van der Waals surface area contributed by atoms with Gasteiger partial charge in [0.1, 0.15) is 0 Å². The Kier molecular flexibility index (Phi) is 6.75. The molecule has 0 spiro atoms. The monoisotopic (exact) mass is 474 g/mol.